The van der Waals surface area contributed by atoms with Gasteiger partial charge in [-0.1, -0.05) is 18.2 Å². The van der Waals surface area contributed by atoms with E-state index in [0.717, 1.165) is 33.2 Å². The number of aryl methyl sites for hydroxylation is 2. The van der Waals surface area contributed by atoms with E-state index in [4.69, 9.17) is 5.10 Å². The highest BCUT2D eigenvalue weighted by molar-refractivity contribution is 7.09. The van der Waals surface area contributed by atoms with Crippen molar-refractivity contribution in [1.82, 2.24) is 24.2 Å². The van der Waals surface area contributed by atoms with Crippen molar-refractivity contribution in [3.05, 3.63) is 76.1 Å². The van der Waals surface area contributed by atoms with Crippen molar-refractivity contribution in [2.45, 2.75) is 20.0 Å². The molecule has 0 radical (unpaired) electrons. The van der Waals surface area contributed by atoms with Crippen molar-refractivity contribution >= 4 is 17.2 Å². The normalized spacial score (nSPS) is 13.1. The van der Waals surface area contributed by atoms with Gasteiger partial charge in [0, 0.05) is 41.6 Å². The average Bonchev–Trinajstić information content (AvgIpc) is 3.39. The third-order valence-corrected chi connectivity index (χ3v) is 5.87. The zero-order valence-corrected chi connectivity index (χ0v) is 16.5. The molecule has 1 aliphatic rings. The Morgan fingerprint density at radius 2 is 1.96 bits per heavy atom. The second-order valence-electron chi connectivity index (χ2n) is 6.98. The van der Waals surface area contributed by atoms with E-state index in [2.05, 4.69) is 15.6 Å². The van der Waals surface area contributed by atoms with E-state index < -0.39 is 0 Å². The van der Waals surface area contributed by atoms with E-state index in [-0.39, 0.29) is 5.91 Å². The van der Waals surface area contributed by atoms with Gasteiger partial charge < -0.3 is 9.47 Å². The molecule has 1 amide bonds. The van der Waals surface area contributed by atoms with Gasteiger partial charge in [-0.2, -0.15) is 5.10 Å². The summed E-state index contributed by atoms with van der Waals surface area (Å²) in [6.45, 7) is 2.96. The highest BCUT2D eigenvalue weighted by atomic mass is 32.1. The number of aromatic nitrogens is 4. The summed E-state index contributed by atoms with van der Waals surface area (Å²) >= 11 is 1.50. The first kappa shape index (κ1) is 16.9. The molecule has 0 spiro atoms. The van der Waals surface area contributed by atoms with Gasteiger partial charge in [0.25, 0.3) is 5.91 Å². The lowest BCUT2D eigenvalue weighted by molar-refractivity contribution is 0.0723. The lowest BCUT2D eigenvalue weighted by Gasteiger charge is -2.20. The van der Waals surface area contributed by atoms with E-state index in [1.165, 1.54) is 11.3 Å². The van der Waals surface area contributed by atoms with Gasteiger partial charge in [-0.15, -0.1) is 11.3 Å². The molecular formula is C21H19N5OS. The molecule has 1 aliphatic heterocycles. The van der Waals surface area contributed by atoms with Crippen LogP contribution in [0.3, 0.4) is 0 Å². The van der Waals surface area contributed by atoms with Crippen molar-refractivity contribution < 1.29 is 4.79 Å². The molecule has 0 saturated heterocycles. The summed E-state index contributed by atoms with van der Waals surface area (Å²) < 4.78 is 3.96. The van der Waals surface area contributed by atoms with Gasteiger partial charge in [0.1, 0.15) is 5.69 Å². The van der Waals surface area contributed by atoms with Crippen molar-refractivity contribution in [2.75, 3.05) is 0 Å². The lowest BCUT2D eigenvalue weighted by atomic mass is 10.1. The average molecular weight is 389 g/mol. The van der Waals surface area contributed by atoms with Crippen LogP contribution in [0.5, 0.6) is 0 Å². The third-order valence-electron chi connectivity index (χ3n) is 5.09. The van der Waals surface area contributed by atoms with Crippen LogP contribution in [-0.4, -0.2) is 30.1 Å². The minimum absolute atomic E-state index is 0.0446. The molecule has 0 N–H and O–H groups in total. The number of para-hydroxylation sites is 1. The molecule has 0 fully saturated rings. The lowest BCUT2D eigenvalue weighted by Crippen LogP contribution is -2.30. The first-order valence-electron chi connectivity index (χ1n) is 9.10. The number of hydrogen-bond acceptors (Lipinski definition) is 4. The highest BCUT2D eigenvalue weighted by Crippen LogP contribution is 2.33. The molecule has 4 heterocycles. The Hall–Kier alpha value is -3.19. The third kappa shape index (κ3) is 2.75. The minimum atomic E-state index is -0.0446. The largest absolute Gasteiger partial charge is 0.352 e. The monoisotopic (exact) mass is 389 g/mol. The quantitative estimate of drug-likeness (QED) is 0.524. The number of hydrogen-bond donors (Lipinski definition) is 0. The molecular weight excluding hydrogens is 370 g/mol. The fourth-order valence-electron chi connectivity index (χ4n) is 3.65. The van der Waals surface area contributed by atoms with Gasteiger partial charge >= 0.3 is 0 Å². The molecule has 7 heteroatoms. The Labute approximate surface area is 166 Å². The van der Waals surface area contributed by atoms with Gasteiger partial charge in [0.15, 0.2) is 0 Å². The van der Waals surface area contributed by atoms with Crippen LogP contribution in [0.15, 0.2) is 54.2 Å². The summed E-state index contributed by atoms with van der Waals surface area (Å²) in [6, 6.07) is 12.1. The van der Waals surface area contributed by atoms with Crippen LogP contribution in [0.2, 0.25) is 0 Å². The van der Waals surface area contributed by atoms with Crippen LogP contribution in [0.25, 0.3) is 16.9 Å². The highest BCUT2D eigenvalue weighted by Gasteiger charge is 2.28. The van der Waals surface area contributed by atoms with Crippen LogP contribution in [0.1, 0.15) is 26.8 Å². The molecule has 4 aromatic rings. The number of benzene rings is 1. The number of carbonyl (C=O) groups is 1. The minimum Gasteiger partial charge on any atom is -0.352 e. The standard InChI is InChI=1S/C21H19N5OS/c1-14-22-18(13-28-14)21(27)25-10-15-11-26(16-6-4-3-5-7-16)23-20(15)17-8-9-24(2)19(17)12-25/h3-9,11,13H,10,12H2,1-2H3. The maximum Gasteiger partial charge on any atom is 0.273 e. The number of rotatable bonds is 2. The fourth-order valence-corrected chi connectivity index (χ4v) is 4.24. The van der Waals surface area contributed by atoms with Crippen molar-refractivity contribution in [1.29, 1.82) is 0 Å². The van der Waals surface area contributed by atoms with Gasteiger partial charge in [0.2, 0.25) is 0 Å². The molecule has 0 bridgehead atoms. The molecule has 0 aliphatic carbocycles. The second-order valence-corrected chi connectivity index (χ2v) is 8.05. The number of fused-ring (bicyclic) bond motifs is 3. The fraction of sp³-hybridized carbons (Fsp3) is 0.190. The number of thiazole rings is 1. The number of carbonyl (C=O) groups excluding carboxylic acids is 1. The first-order valence-corrected chi connectivity index (χ1v) is 9.98. The summed E-state index contributed by atoms with van der Waals surface area (Å²) in [5, 5.41) is 7.59. The van der Waals surface area contributed by atoms with E-state index in [1.807, 2.05) is 71.7 Å². The Kier molecular flexibility index (Phi) is 3.91. The topological polar surface area (TPSA) is 56.0 Å². The summed E-state index contributed by atoms with van der Waals surface area (Å²) in [4.78, 5) is 19.4. The van der Waals surface area contributed by atoms with E-state index >= 15 is 0 Å². The first-order chi connectivity index (χ1) is 13.6. The van der Waals surface area contributed by atoms with Crippen LogP contribution in [-0.2, 0) is 20.1 Å². The predicted octanol–water partition coefficient (Wildman–Crippen LogP) is 3.80. The maximum absolute atomic E-state index is 13.1. The molecule has 3 aromatic heterocycles. The van der Waals surface area contributed by atoms with Crippen LogP contribution < -0.4 is 0 Å². The molecule has 28 heavy (non-hydrogen) atoms. The molecule has 0 saturated carbocycles. The van der Waals surface area contributed by atoms with Gasteiger partial charge in [-0.05, 0) is 25.1 Å². The second kappa shape index (κ2) is 6.45. The maximum atomic E-state index is 13.1. The predicted molar refractivity (Wildman–Crippen MR) is 108 cm³/mol. The smallest absolute Gasteiger partial charge is 0.273 e. The molecule has 140 valence electrons. The van der Waals surface area contributed by atoms with E-state index in [9.17, 15) is 4.79 Å². The van der Waals surface area contributed by atoms with Crippen molar-refractivity contribution in [3.8, 4) is 16.9 Å². The zero-order valence-electron chi connectivity index (χ0n) is 15.7. The molecule has 6 nitrogen and oxygen atoms in total. The summed E-state index contributed by atoms with van der Waals surface area (Å²) in [5.74, 6) is -0.0446. The molecule has 1 aromatic carbocycles. The van der Waals surface area contributed by atoms with Crippen LogP contribution in [0.4, 0.5) is 0 Å². The van der Waals surface area contributed by atoms with Gasteiger partial charge in [-0.25, -0.2) is 9.67 Å². The number of nitrogens with zero attached hydrogens (tertiary/aromatic N) is 5. The van der Waals surface area contributed by atoms with Crippen LogP contribution >= 0.6 is 11.3 Å². The number of amides is 1. The molecule has 5 rings (SSSR count). The summed E-state index contributed by atoms with van der Waals surface area (Å²) in [5.41, 5.74) is 5.64. The van der Waals surface area contributed by atoms with Crippen LogP contribution in [0, 0.1) is 6.92 Å². The zero-order chi connectivity index (χ0) is 19.3. The SMILES string of the molecule is Cc1nc(C(=O)N2Cc3cn(-c4ccccc4)nc3-c3ccn(C)c3C2)cs1. The Morgan fingerprint density at radius 1 is 1.14 bits per heavy atom. The van der Waals surface area contributed by atoms with E-state index in [0.29, 0.717) is 18.8 Å². The summed E-state index contributed by atoms with van der Waals surface area (Å²) in [6.07, 6.45) is 4.05. The van der Waals surface area contributed by atoms with Crippen molar-refractivity contribution in [3.63, 3.8) is 0 Å². The molecule has 0 unspecified atom stereocenters. The Balaban J connectivity index is 1.61. The summed E-state index contributed by atoms with van der Waals surface area (Å²) in [7, 11) is 2.01. The van der Waals surface area contributed by atoms with Crippen molar-refractivity contribution in [2.24, 2.45) is 7.05 Å². The molecule has 0 atom stereocenters. The Bertz CT molecular complexity index is 1170. The van der Waals surface area contributed by atoms with Gasteiger partial charge in [0.05, 0.1) is 29.5 Å². The van der Waals surface area contributed by atoms with E-state index in [1.54, 1.807) is 0 Å². The Morgan fingerprint density at radius 3 is 2.71 bits per heavy atom. The van der Waals surface area contributed by atoms with Gasteiger partial charge in [-0.3, -0.25) is 4.79 Å².